The molecule has 3 aromatic carbocycles. The van der Waals surface area contributed by atoms with Crippen molar-refractivity contribution in [2.45, 2.75) is 11.8 Å². The molecule has 29 heavy (non-hydrogen) atoms. The lowest BCUT2D eigenvalue weighted by Crippen LogP contribution is -2.28. The zero-order valence-corrected chi connectivity index (χ0v) is 17.2. The summed E-state index contributed by atoms with van der Waals surface area (Å²) in [7, 11) is -2.57. The summed E-state index contributed by atoms with van der Waals surface area (Å²) in [5.41, 5.74) is 1.89. The van der Waals surface area contributed by atoms with E-state index in [1.807, 2.05) is 19.1 Å². The van der Waals surface area contributed by atoms with Gasteiger partial charge in [-0.3, -0.25) is 9.10 Å². The molecule has 0 spiro atoms. The van der Waals surface area contributed by atoms with E-state index in [4.69, 9.17) is 16.3 Å². The lowest BCUT2D eigenvalue weighted by molar-refractivity contribution is 0.102. The highest BCUT2D eigenvalue weighted by Crippen LogP contribution is 2.40. The number of hydrogen-bond acceptors (Lipinski definition) is 4. The second kappa shape index (κ2) is 7.09. The summed E-state index contributed by atoms with van der Waals surface area (Å²) in [6.07, 6.45) is 0. The molecular weight excluding hydrogens is 412 g/mol. The number of anilines is 2. The van der Waals surface area contributed by atoms with Crippen LogP contribution < -0.4 is 14.4 Å². The van der Waals surface area contributed by atoms with Crippen molar-refractivity contribution in [3.8, 4) is 11.5 Å². The van der Waals surface area contributed by atoms with Crippen molar-refractivity contribution < 1.29 is 17.9 Å². The number of amides is 1. The fourth-order valence-electron chi connectivity index (χ4n) is 3.16. The number of nitrogens with zero attached hydrogens (tertiary/aromatic N) is 1. The second-order valence-corrected chi connectivity index (χ2v) is 8.94. The van der Waals surface area contributed by atoms with Crippen LogP contribution in [0.5, 0.6) is 11.5 Å². The van der Waals surface area contributed by atoms with Crippen LogP contribution in [0.25, 0.3) is 0 Å². The number of carbonyl (C=O) groups excluding carboxylic acids is 1. The Morgan fingerprint density at radius 3 is 2.45 bits per heavy atom. The number of halogens is 1. The Morgan fingerprint density at radius 1 is 1.00 bits per heavy atom. The predicted octanol–water partition coefficient (Wildman–Crippen LogP) is 4.83. The topological polar surface area (TPSA) is 75.7 Å². The highest BCUT2D eigenvalue weighted by molar-refractivity contribution is 7.93. The van der Waals surface area contributed by atoms with E-state index in [9.17, 15) is 13.2 Å². The van der Waals surface area contributed by atoms with Crippen LogP contribution in [-0.4, -0.2) is 21.4 Å². The van der Waals surface area contributed by atoms with Crippen LogP contribution in [0, 0.1) is 6.92 Å². The number of nitrogens with one attached hydrogen (secondary N) is 1. The molecule has 0 aromatic heterocycles. The molecule has 1 heterocycles. The number of aryl methyl sites for hydroxylation is 1. The number of sulfonamides is 1. The highest BCUT2D eigenvalue weighted by atomic mass is 35.5. The van der Waals surface area contributed by atoms with Crippen molar-refractivity contribution in [3.63, 3.8) is 0 Å². The lowest BCUT2D eigenvalue weighted by atomic mass is 10.2. The van der Waals surface area contributed by atoms with Gasteiger partial charge in [-0.05, 0) is 36.8 Å². The van der Waals surface area contributed by atoms with E-state index in [2.05, 4.69) is 5.32 Å². The van der Waals surface area contributed by atoms with E-state index in [-0.39, 0.29) is 21.2 Å². The second-order valence-electron chi connectivity index (χ2n) is 6.59. The first-order valence-corrected chi connectivity index (χ1v) is 10.6. The van der Waals surface area contributed by atoms with Gasteiger partial charge in [0.1, 0.15) is 10.6 Å². The van der Waals surface area contributed by atoms with Crippen LogP contribution in [0.1, 0.15) is 15.9 Å². The van der Waals surface area contributed by atoms with Gasteiger partial charge in [-0.25, -0.2) is 8.42 Å². The number of para-hydroxylation sites is 3. The van der Waals surface area contributed by atoms with Crippen molar-refractivity contribution in [1.29, 1.82) is 0 Å². The monoisotopic (exact) mass is 428 g/mol. The normalized spacial score (nSPS) is 12.9. The van der Waals surface area contributed by atoms with E-state index < -0.39 is 15.9 Å². The molecule has 1 aliphatic rings. The van der Waals surface area contributed by atoms with Crippen molar-refractivity contribution in [2.75, 3.05) is 16.7 Å². The van der Waals surface area contributed by atoms with Gasteiger partial charge in [0, 0.05) is 13.1 Å². The maximum atomic E-state index is 13.3. The number of ether oxygens (including phenoxy) is 1. The molecule has 4 rings (SSSR count). The molecule has 0 fully saturated rings. The largest absolute Gasteiger partial charge is 0.454 e. The summed E-state index contributed by atoms with van der Waals surface area (Å²) in [6, 6.07) is 16.7. The van der Waals surface area contributed by atoms with Crippen LogP contribution in [0.4, 0.5) is 11.4 Å². The molecule has 0 atom stereocenters. The molecule has 0 bridgehead atoms. The minimum Gasteiger partial charge on any atom is -0.454 e. The van der Waals surface area contributed by atoms with Gasteiger partial charge < -0.3 is 10.1 Å². The molecule has 0 radical (unpaired) electrons. The van der Waals surface area contributed by atoms with Crippen molar-refractivity contribution in [3.05, 3.63) is 76.8 Å². The third-order valence-electron chi connectivity index (χ3n) is 4.73. The number of rotatable bonds is 3. The fraction of sp³-hybridized carbons (Fsp3) is 0.0952. The molecule has 0 saturated heterocycles. The summed E-state index contributed by atoms with van der Waals surface area (Å²) in [5.74, 6) is 0.162. The first-order valence-electron chi connectivity index (χ1n) is 8.75. The standard InChI is InChI=1S/C21H17ClN2O4S/c1-13-7-3-5-9-17(13)24(2)29(26,27)20-11-14-19(12-15(20)22)28-18-10-6-4-8-16(18)23-21(14)25/h3-12H,1-2H3,(H,23,25). The zero-order chi connectivity index (χ0) is 20.8. The van der Waals surface area contributed by atoms with Gasteiger partial charge in [0.25, 0.3) is 15.9 Å². The van der Waals surface area contributed by atoms with Gasteiger partial charge >= 0.3 is 0 Å². The minimum absolute atomic E-state index is 0.0311. The van der Waals surface area contributed by atoms with Crippen LogP contribution in [0.2, 0.25) is 5.02 Å². The van der Waals surface area contributed by atoms with Crippen LogP contribution in [0.15, 0.2) is 65.6 Å². The Morgan fingerprint density at radius 2 is 1.69 bits per heavy atom. The molecule has 1 aliphatic heterocycles. The first-order chi connectivity index (χ1) is 13.8. The molecule has 6 nitrogen and oxygen atoms in total. The molecule has 3 aromatic rings. The Bertz CT molecular complexity index is 1240. The molecule has 8 heteroatoms. The summed E-state index contributed by atoms with van der Waals surface area (Å²) in [5, 5.41) is 2.70. The fourth-order valence-corrected chi connectivity index (χ4v) is 4.93. The van der Waals surface area contributed by atoms with Crippen LogP contribution >= 0.6 is 11.6 Å². The molecule has 148 valence electrons. The van der Waals surface area contributed by atoms with Gasteiger partial charge in [0.05, 0.1) is 22.0 Å². The molecule has 0 saturated carbocycles. The molecule has 1 amide bonds. The van der Waals surface area contributed by atoms with Crippen molar-refractivity contribution in [1.82, 2.24) is 0 Å². The summed E-state index contributed by atoms with van der Waals surface area (Å²) >= 11 is 6.33. The number of fused-ring (bicyclic) bond motifs is 2. The Kier molecular flexibility index (Phi) is 4.72. The summed E-state index contributed by atoms with van der Waals surface area (Å²) in [6.45, 7) is 1.82. The third-order valence-corrected chi connectivity index (χ3v) is 6.96. The molecule has 1 N–H and O–H groups in total. The highest BCUT2D eigenvalue weighted by Gasteiger charge is 2.30. The number of carbonyl (C=O) groups is 1. The van der Waals surface area contributed by atoms with Crippen LogP contribution in [-0.2, 0) is 10.0 Å². The molecule has 0 unspecified atom stereocenters. The predicted molar refractivity (Wildman–Crippen MR) is 113 cm³/mol. The Balaban J connectivity index is 1.82. The minimum atomic E-state index is -4.02. The van der Waals surface area contributed by atoms with Gasteiger partial charge in [-0.15, -0.1) is 0 Å². The number of benzene rings is 3. The third kappa shape index (κ3) is 3.32. The van der Waals surface area contributed by atoms with Crippen molar-refractivity contribution in [2.24, 2.45) is 0 Å². The molecule has 0 aliphatic carbocycles. The maximum Gasteiger partial charge on any atom is 0.265 e. The van der Waals surface area contributed by atoms with Gasteiger partial charge in [0.15, 0.2) is 5.75 Å². The van der Waals surface area contributed by atoms with E-state index in [0.717, 1.165) is 9.87 Å². The van der Waals surface area contributed by atoms with E-state index >= 15 is 0 Å². The Labute approximate surface area is 173 Å². The van der Waals surface area contributed by atoms with E-state index in [0.29, 0.717) is 17.1 Å². The van der Waals surface area contributed by atoms with Gasteiger partial charge in [-0.1, -0.05) is 41.9 Å². The van der Waals surface area contributed by atoms with Crippen LogP contribution in [0.3, 0.4) is 0 Å². The SMILES string of the molecule is Cc1ccccc1N(C)S(=O)(=O)c1cc2c(cc1Cl)Oc1ccccc1NC2=O. The smallest absolute Gasteiger partial charge is 0.265 e. The van der Waals surface area contributed by atoms with E-state index in [1.54, 1.807) is 36.4 Å². The maximum absolute atomic E-state index is 13.3. The lowest BCUT2D eigenvalue weighted by Gasteiger charge is -2.22. The average molecular weight is 429 g/mol. The average Bonchev–Trinajstić information content (AvgIpc) is 2.82. The van der Waals surface area contributed by atoms with Gasteiger partial charge in [-0.2, -0.15) is 0 Å². The van der Waals surface area contributed by atoms with Crippen molar-refractivity contribution >= 4 is 38.9 Å². The first kappa shape index (κ1) is 19.3. The Hall–Kier alpha value is -3.03. The number of hydrogen-bond donors (Lipinski definition) is 1. The quantitative estimate of drug-likeness (QED) is 0.648. The molecular formula is C21H17ClN2O4S. The van der Waals surface area contributed by atoms with Gasteiger partial charge in [0.2, 0.25) is 0 Å². The summed E-state index contributed by atoms with van der Waals surface area (Å²) < 4.78 is 33.5. The zero-order valence-electron chi connectivity index (χ0n) is 15.6. The van der Waals surface area contributed by atoms with E-state index in [1.165, 1.54) is 19.2 Å². The summed E-state index contributed by atoms with van der Waals surface area (Å²) in [4.78, 5) is 12.5.